The summed E-state index contributed by atoms with van der Waals surface area (Å²) in [5, 5.41) is 10.6. The van der Waals surface area contributed by atoms with Crippen molar-refractivity contribution in [1.82, 2.24) is 20.5 Å². The van der Waals surface area contributed by atoms with E-state index in [1.807, 2.05) is 7.05 Å². The maximum Gasteiger partial charge on any atom is 0.191 e. The van der Waals surface area contributed by atoms with Crippen molar-refractivity contribution in [3.8, 4) is 0 Å². The Hall–Kier alpha value is -1.14. The number of aromatic nitrogens is 1. The van der Waals surface area contributed by atoms with Gasteiger partial charge in [0.1, 0.15) is 0 Å². The largest absolute Gasteiger partial charge is 0.356 e. The second kappa shape index (κ2) is 11.6. The maximum atomic E-state index is 4.71. The van der Waals surface area contributed by atoms with Crippen molar-refractivity contribution in [1.29, 1.82) is 0 Å². The molecule has 2 rings (SSSR count). The number of nitrogens with zero attached hydrogens (tertiary/aromatic N) is 3. The molecule has 0 radical (unpaired) electrons. The molecule has 1 atom stereocenters. The predicted molar refractivity (Wildman–Crippen MR) is 118 cm³/mol. The number of piperidine rings is 1. The summed E-state index contributed by atoms with van der Waals surface area (Å²) in [6, 6.07) is 0.464. The van der Waals surface area contributed by atoms with E-state index in [4.69, 9.17) is 4.98 Å². The zero-order valence-electron chi connectivity index (χ0n) is 17.9. The number of guanidine groups is 1. The minimum absolute atomic E-state index is 0.464. The van der Waals surface area contributed by atoms with Crippen LogP contribution in [0.25, 0.3) is 0 Å². The molecule has 1 aromatic rings. The van der Waals surface area contributed by atoms with Gasteiger partial charge in [-0.2, -0.15) is 0 Å². The molecule has 0 amide bonds. The Bertz CT molecular complexity index is 561. The van der Waals surface area contributed by atoms with Crippen LogP contribution in [0, 0.1) is 11.8 Å². The fourth-order valence-corrected chi connectivity index (χ4v) is 4.22. The van der Waals surface area contributed by atoms with Gasteiger partial charge >= 0.3 is 0 Å². The number of hydrogen-bond acceptors (Lipinski definition) is 4. The van der Waals surface area contributed by atoms with Gasteiger partial charge < -0.3 is 10.6 Å². The third-order valence-electron chi connectivity index (χ3n) is 5.34. The lowest BCUT2D eigenvalue weighted by Crippen LogP contribution is -2.45. The maximum absolute atomic E-state index is 4.71. The molecule has 2 N–H and O–H groups in total. The average molecular weight is 394 g/mol. The summed E-state index contributed by atoms with van der Waals surface area (Å²) in [6.07, 6.45) is 5.98. The number of aryl methyl sites for hydroxylation is 1. The monoisotopic (exact) mass is 393 g/mol. The first-order valence-corrected chi connectivity index (χ1v) is 11.5. The number of aliphatic imine (C=N–C) groups is 1. The fraction of sp³-hybridized carbons (Fsp3) is 0.810. The molecular weight excluding hydrogens is 354 g/mol. The summed E-state index contributed by atoms with van der Waals surface area (Å²) >= 11 is 1.79. The minimum atomic E-state index is 0.464. The molecule has 0 saturated carbocycles. The molecule has 0 spiro atoms. The summed E-state index contributed by atoms with van der Waals surface area (Å²) in [6.45, 7) is 13.3. The Labute approximate surface area is 170 Å². The van der Waals surface area contributed by atoms with Crippen molar-refractivity contribution in [2.75, 3.05) is 26.7 Å². The van der Waals surface area contributed by atoms with Gasteiger partial charge in [-0.05, 0) is 64.0 Å². The predicted octanol–water partition coefficient (Wildman–Crippen LogP) is 3.91. The molecule has 1 unspecified atom stereocenters. The molecule has 1 aliphatic rings. The van der Waals surface area contributed by atoms with E-state index in [0.29, 0.717) is 6.04 Å². The molecule has 1 aliphatic heterocycles. The lowest BCUT2D eigenvalue weighted by Gasteiger charge is -2.32. The highest BCUT2D eigenvalue weighted by molar-refractivity contribution is 7.09. The van der Waals surface area contributed by atoms with Gasteiger partial charge in [0.15, 0.2) is 5.96 Å². The van der Waals surface area contributed by atoms with E-state index in [1.165, 1.54) is 49.5 Å². The number of rotatable bonds is 9. The molecule has 27 heavy (non-hydrogen) atoms. The molecule has 1 fully saturated rings. The van der Waals surface area contributed by atoms with Crippen LogP contribution in [-0.4, -0.2) is 48.6 Å². The number of hydrogen-bond donors (Lipinski definition) is 2. The van der Waals surface area contributed by atoms with Gasteiger partial charge in [0, 0.05) is 31.6 Å². The second-order valence-corrected chi connectivity index (χ2v) is 9.22. The van der Waals surface area contributed by atoms with Crippen LogP contribution in [0.15, 0.2) is 10.4 Å². The van der Waals surface area contributed by atoms with Crippen molar-refractivity contribution in [3.05, 3.63) is 16.1 Å². The van der Waals surface area contributed by atoms with Crippen LogP contribution in [0.5, 0.6) is 0 Å². The zero-order valence-corrected chi connectivity index (χ0v) is 18.7. The van der Waals surface area contributed by atoms with Gasteiger partial charge in [-0.25, -0.2) is 4.98 Å². The van der Waals surface area contributed by atoms with Gasteiger partial charge in [0.25, 0.3) is 0 Å². The molecular formula is C21H39N5S. The van der Waals surface area contributed by atoms with Crippen LogP contribution >= 0.6 is 11.3 Å². The van der Waals surface area contributed by atoms with Gasteiger partial charge in [0.05, 0.1) is 10.7 Å². The van der Waals surface area contributed by atoms with Crippen LogP contribution in [-0.2, 0) is 13.0 Å². The van der Waals surface area contributed by atoms with E-state index in [2.05, 4.69) is 53.6 Å². The van der Waals surface area contributed by atoms with Crippen LogP contribution in [0.3, 0.4) is 0 Å². The van der Waals surface area contributed by atoms with Gasteiger partial charge in [-0.3, -0.25) is 9.89 Å². The number of thiazole rings is 1. The van der Waals surface area contributed by atoms with Gasteiger partial charge in [0.2, 0.25) is 0 Å². The van der Waals surface area contributed by atoms with Crippen molar-refractivity contribution in [2.45, 2.75) is 72.4 Å². The van der Waals surface area contributed by atoms with Crippen LogP contribution in [0.4, 0.5) is 0 Å². The molecule has 0 bridgehead atoms. The third-order valence-corrected chi connectivity index (χ3v) is 6.38. The molecule has 2 heterocycles. The molecule has 154 valence electrons. The smallest absolute Gasteiger partial charge is 0.191 e. The molecule has 5 nitrogen and oxygen atoms in total. The number of likely N-dealkylation sites (tertiary alicyclic amines) is 1. The first kappa shape index (κ1) is 22.2. The van der Waals surface area contributed by atoms with E-state index in [1.54, 1.807) is 11.3 Å². The van der Waals surface area contributed by atoms with Crippen molar-refractivity contribution < 1.29 is 0 Å². The van der Waals surface area contributed by atoms with E-state index in [-0.39, 0.29) is 0 Å². The standard InChI is InChI=1S/C21H39N5S/c1-6-20-25-19(15-27-20)14-26-11-9-18(10-12-26)13-23-21(22-5)24-17(4)8-7-16(2)3/h15-18H,6-14H2,1-5H3,(H2,22,23,24). The van der Waals surface area contributed by atoms with Crippen LogP contribution in [0.1, 0.15) is 64.1 Å². The van der Waals surface area contributed by atoms with Crippen LogP contribution in [0.2, 0.25) is 0 Å². The van der Waals surface area contributed by atoms with E-state index in [0.717, 1.165) is 37.3 Å². The lowest BCUT2D eigenvalue weighted by atomic mass is 9.97. The highest BCUT2D eigenvalue weighted by Gasteiger charge is 2.20. The van der Waals surface area contributed by atoms with Gasteiger partial charge in [-0.15, -0.1) is 11.3 Å². The highest BCUT2D eigenvalue weighted by Crippen LogP contribution is 2.19. The summed E-state index contributed by atoms with van der Waals surface area (Å²) in [5.74, 6) is 2.43. The Morgan fingerprint density at radius 3 is 2.63 bits per heavy atom. The van der Waals surface area contributed by atoms with E-state index in [9.17, 15) is 0 Å². The van der Waals surface area contributed by atoms with Crippen molar-refractivity contribution in [3.63, 3.8) is 0 Å². The SMILES string of the molecule is CCc1nc(CN2CCC(CNC(=NC)NC(C)CCC(C)C)CC2)cs1. The molecule has 1 saturated heterocycles. The number of nitrogens with one attached hydrogen (secondary N) is 2. The van der Waals surface area contributed by atoms with E-state index >= 15 is 0 Å². The molecule has 0 aromatic carbocycles. The minimum Gasteiger partial charge on any atom is -0.356 e. The zero-order chi connectivity index (χ0) is 19.6. The quantitative estimate of drug-likeness (QED) is 0.493. The Morgan fingerprint density at radius 1 is 1.30 bits per heavy atom. The van der Waals surface area contributed by atoms with Gasteiger partial charge in [-0.1, -0.05) is 20.8 Å². The fourth-order valence-electron chi connectivity index (χ4n) is 3.49. The van der Waals surface area contributed by atoms with E-state index < -0.39 is 0 Å². The summed E-state index contributed by atoms with van der Waals surface area (Å²) in [7, 11) is 1.87. The van der Waals surface area contributed by atoms with Crippen LogP contribution < -0.4 is 10.6 Å². The second-order valence-electron chi connectivity index (χ2n) is 8.28. The topological polar surface area (TPSA) is 52.6 Å². The third kappa shape index (κ3) is 8.18. The lowest BCUT2D eigenvalue weighted by molar-refractivity contribution is 0.176. The molecule has 0 aliphatic carbocycles. The first-order valence-electron chi connectivity index (χ1n) is 10.6. The molecule has 6 heteroatoms. The Balaban J connectivity index is 1.65. The Kier molecular flexibility index (Phi) is 9.56. The first-order chi connectivity index (χ1) is 13.0. The summed E-state index contributed by atoms with van der Waals surface area (Å²) in [4.78, 5) is 11.7. The Morgan fingerprint density at radius 2 is 2.04 bits per heavy atom. The van der Waals surface area contributed by atoms with Crippen molar-refractivity contribution >= 4 is 17.3 Å². The summed E-state index contributed by atoms with van der Waals surface area (Å²) in [5.41, 5.74) is 1.24. The van der Waals surface area contributed by atoms with Crippen molar-refractivity contribution in [2.24, 2.45) is 16.8 Å². The average Bonchev–Trinajstić information content (AvgIpc) is 3.12. The normalized spacial score (nSPS) is 18.1. The highest BCUT2D eigenvalue weighted by atomic mass is 32.1. The summed E-state index contributed by atoms with van der Waals surface area (Å²) < 4.78 is 0. The molecule has 1 aromatic heterocycles.